The molecule has 1 heterocycles. The molecule has 0 aromatic rings. The summed E-state index contributed by atoms with van der Waals surface area (Å²) in [6, 6.07) is -0.348. The van der Waals surface area contributed by atoms with E-state index in [1.807, 2.05) is 0 Å². The van der Waals surface area contributed by atoms with Gasteiger partial charge in [-0.05, 0) is 30.1 Å². The van der Waals surface area contributed by atoms with E-state index in [4.69, 9.17) is 15.1 Å². The van der Waals surface area contributed by atoms with Crippen molar-refractivity contribution in [2.24, 2.45) is 5.11 Å². The van der Waals surface area contributed by atoms with Gasteiger partial charge in [-0.1, -0.05) is 25.9 Å². The highest BCUT2D eigenvalue weighted by Crippen LogP contribution is 2.38. The van der Waals surface area contributed by atoms with Crippen LogP contribution >= 0.6 is 0 Å². The number of rotatable bonds is 3. The molecule has 20 heavy (non-hydrogen) atoms. The van der Waals surface area contributed by atoms with Crippen molar-refractivity contribution in [2.45, 2.75) is 57.5 Å². The number of amides is 1. The number of hydrogen-bond acceptors (Lipinski definition) is 3. The molecule has 2 atom stereocenters. The third kappa shape index (κ3) is 4.13. The fourth-order valence-corrected chi connectivity index (χ4v) is 3.38. The third-order valence-corrected chi connectivity index (χ3v) is 8.68. The van der Waals surface area contributed by atoms with Gasteiger partial charge in [-0.15, -0.1) is 0 Å². The van der Waals surface area contributed by atoms with Crippen molar-refractivity contribution in [3.63, 3.8) is 0 Å². The number of carboxylic acid groups (broad SMARTS) is 1. The van der Waals surface area contributed by atoms with Gasteiger partial charge in [0.2, 0.25) is 0 Å². The van der Waals surface area contributed by atoms with Crippen molar-refractivity contribution in [3.05, 3.63) is 10.4 Å². The molecule has 1 rings (SSSR count). The summed E-state index contributed by atoms with van der Waals surface area (Å²) in [5, 5.41) is 12.9. The highest BCUT2D eigenvalue weighted by Gasteiger charge is 2.41. The van der Waals surface area contributed by atoms with Crippen molar-refractivity contribution in [1.82, 2.24) is 4.90 Å². The summed E-state index contributed by atoms with van der Waals surface area (Å²) in [5.41, 5.74) is 8.55. The molecule has 1 amide bonds. The highest BCUT2D eigenvalue weighted by molar-refractivity contribution is 6.74. The lowest BCUT2D eigenvalue weighted by Gasteiger charge is -2.43. The molecule has 1 N–H and O–H groups in total. The zero-order valence-corrected chi connectivity index (χ0v) is 13.8. The average molecular weight is 300 g/mol. The Bertz CT molecular complexity index is 405. The van der Waals surface area contributed by atoms with Crippen LogP contribution in [0.3, 0.4) is 0 Å². The Balaban J connectivity index is 2.83. The van der Waals surface area contributed by atoms with Crippen molar-refractivity contribution >= 4 is 14.4 Å². The van der Waals surface area contributed by atoms with E-state index in [0.717, 1.165) is 0 Å². The second-order valence-electron chi connectivity index (χ2n) is 6.78. The topological polar surface area (TPSA) is 98.5 Å². The largest absolute Gasteiger partial charge is 0.465 e. The number of hydrogen-bond donors (Lipinski definition) is 1. The van der Waals surface area contributed by atoms with Crippen molar-refractivity contribution in [1.29, 1.82) is 0 Å². The van der Waals surface area contributed by atoms with Crippen molar-refractivity contribution in [2.75, 3.05) is 13.1 Å². The van der Waals surface area contributed by atoms with Gasteiger partial charge >= 0.3 is 6.09 Å². The molecule has 0 unspecified atom stereocenters. The van der Waals surface area contributed by atoms with Crippen LogP contribution in [0.15, 0.2) is 5.11 Å². The summed E-state index contributed by atoms with van der Waals surface area (Å²) in [4.78, 5) is 15.2. The van der Waals surface area contributed by atoms with Crippen LogP contribution in [0.1, 0.15) is 27.2 Å². The third-order valence-electron chi connectivity index (χ3n) is 4.14. The van der Waals surface area contributed by atoms with Gasteiger partial charge in [0, 0.05) is 18.0 Å². The Morgan fingerprint density at radius 1 is 1.45 bits per heavy atom. The summed E-state index contributed by atoms with van der Waals surface area (Å²) in [6.45, 7) is 11.3. The van der Waals surface area contributed by atoms with Gasteiger partial charge in [0.15, 0.2) is 8.32 Å². The fourth-order valence-electron chi connectivity index (χ4n) is 2.02. The Morgan fingerprint density at radius 2 is 2.05 bits per heavy atom. The summed E-state index contributed by atoms with van der Waals surface area (Å²) < 4.78 is 6.25. The zero-order chi connectivity index (χ0) is 15.6. The molecule has 0 aromatic carbocycles. The predicted octanol–water partition coefficient (Wildman–Crippen LogP) is 3.44. The molecule has 0 saturated carbocycles. The SMILES string of the molecule is CC(C)(C)[Si](C)(C)O[C@@H]1C[C@@H](N=[N+]=[N-])CN(C(=O)O)C1. The minimum atomic E-state index is -1.96. The molecule has 1 aliphatic heterocycles. The van der Waals surface area contributed by atoms with E-state index in [-0.39, 0.29) is 23.7 Å². The lowest BCUT2D eigenvalue weighted by atomic mass is 10.0. The molecule has 0 bridgehead atoms. The van der Waals surface area contributed by atoms with E-state index in [1.165, 1.54) is 4.90 Å². The van der Waals surface area contributed by atoms with Crippen LogP contribution in [0.4, 0.5) is 4.79 Å². The summed E-state index contributed by atoms with van der Waals surface area (Å²) in [5.74, 6) is 0. The van der Waals surface area contributed by atoms with E-state index in [1.54, 1.807) is 0 Å². The second-order valence-corrected chi connectivity index (χ2v) is 11.5. The van der Waals surface area contributed by atoms with Gasteiger partial charge in [0.05, 0.1) is 12.1 Å². The first-order valence-corrected chi connectivity index (χ1v) is 9.67. The van der Waals surface area contributed by atoms with Crippen molar-refractivity contribution < 1.29 is 14.3 Å². The first-order valence-electron chi connectivity index (χ1n) is 6.76. The van der Waals surface area contributed by atoms with Gasteiger partial charge in [-0.25, -0.2) is 4.79 Å². The Hall–Kier alpha value is -1.24. The summed E-state index contributed by atoms with van der Waals surface area (Å²) >= 11 is 0. The van der Waals surface area contributed by atoms with Gasteiger partial charge in [-0.3, -0.25) is 0 Å². The lowest BCUT2D eigenvalue weighted by molar-refractivity contribution is 0.0635. The molecule has 1 fully saturated rings. The van der Waals surface area contributed by atoms with Gasteiger partial charge in [-0.2, -0.15) is 0 Å². The van der Waals surface area contributed by atoms with E-state index < -0.39 is 14.4 Å². The van der Waals surface area contributed by atoms with Crippen LogP contribution in [0.25, 0.3) is 10.4 Å². The van der Waals surface area contributed by atoms with Crippen LogP contribution < -0.4 is 0 Å². The summed E-state index contributed by atoms with van der Waals surface area (Å²) in [7, 11) is -1.96. The molecule has 0 radical (unpaired) electrons. The molecule has 1 aliphatic rings. The Labute approximate surface area is 120 Å². The van der Waals surface area contributed by atoms with Crippen LogP contribution in [0.2, 0.25) is 18.1 Å². The first-order chi connectivity index (χ1) is 9.06. The van der Waals surface area contributed by atoms with Gasteiger partial charge in [0.25, 0.3) is 0 Å². The van der Waals surface area contributed by atoms with E-state index in [0.29, 0.717) is 13.0 Å². The smallest absolute Gasteiger partial charge is 0.407 e. The minimum Gasteiger partial charge on any atom is -0.465 e. The molecule has 0 aliphatic carbocycles. The van der Waals surface area contributed by atoms with Gasteiger partial charge in [0.1, 0.15) is 0 Å². The molecule has 8 heteroatoms. The quantitative estimate of drug-likeness (QED) is 0.374. The highest BCUT2D eigenvalue weighted by atomic mass is 28.4. The first kappa shape index (κ1) is 16.8. The van der Waals surface area contributed by atoms with E-state index in [2.05, 4.69) is 43.9 Å². The number of carbonyl (C=O) groups is 1. The van der Waals surface area contributed by atoms with E-state index >= 15 is 0 Å². The van der Waals surface area contributed by atoms with Crippen LogP contribution in [-0.4, -0.2) is 49.7 Å². The number of likely N-dealkylation sites (tertiary alicyclic amines) is 1. The molecular weight excluding hydrogens is 276 g/mol. The summed E-state index contributed by atoms with van der Waals surface area (Å²) in [6.07, 6.45) is -0.608. The maximum atomic E-state index is 11.2. The number of nitrogens with zero attached hydrogens (tertiary/aromatic N) is 4. The standard InChI is InChI=1S/C12H24N4O3Si/c1-12(2,3)20(4,5)19-10-6-9(14-15-13)7-16(8-10)11(17)18/h9-10H,6-8H2,1-5H3,(H,17,18)/t9-,10-/m1/s1. The van der Waals surface area contributed by atoms with E-state index in [9.17, 15) is 4.79 Å². The zero-order valence-electron chi connectivity index (χ0n) is 12.8. The predicted molar refractivity (Wildman–Crippen MR) is 79.2 cm³/mol. The lowest BCUT2D eigenvalue weighted by Crippen LogP contribution is -2.53. The van der Waals surface area contributed by atoms with Gasteiger partial charge < -0.3 is 14.4 Å². The molecule has 114 valence electrons. The molecule has 1 saturated heterocycles. The normalized spacial score (nSPS) is 24.1. The Kier molecular flexibility index (Phi) is 5.07. The fraction of sp³-hybridized carbons (Fsp3) is 0.917. The average Bonchev–Trinajstić information content (AvgIpc) is 2.26. The van der Waals surface area contributed by atoms with Crippen LogP contribution in [0.5, 0.6) is 0 Å². The maximum absolute atomic E-state index is 11.2. The van der Waals surface area contributed by atoms with Crippen molar-refractivity contribution in [3.8, 4) is 0 Å². The molecule has 0 spiro atoms. The van der Waals surface area contributed by atoms with Crippen LogP contribution in [-0.2, 0) is 4.43 Å². The monoisotopic (exact) mass is 300 g/mol. The molecular formula is C12H24N4O3Si. The maximum Gasteiger partial charge on any atom is 0.407 e. The van der Waals surface area contributed by atoms with Crippen LogP contribution in [0, 0.1) is 0 Å². The molecule has 7 nitrogen and oxygen atoms in total. The molecule has 0 aromatic heterocycles. The Morgan fingerprint density at radius 3 is 2.50 bits per heavy atom. The number of azide groups is 1. The number of piperidine rings is 1. The minimum absolute atomic E-state index is 0.0620. The second kappa shape index (κ2) is 6.03.